The first-order chi connectivity index (χ1) is 14.8. The van der Waals surface area contributed by atoms with Gasteiger partial charge >= 0.3 is 0 Å². The Bertz CT molecular complexity index is 1030. The number of nitrogens with zero attached hydrogens (tertiary/aromatic N) is 1. The van der Waals surface area contributed by atoms with Crippen molar-refractivity contribution >= 4 is 21.6 Å². The van der Waals surface area contributed by atoms with Gasteiger partial charge in [-0.2, -0.15) is 4.31 Å². The summed E-state index contributed by atoms with van der Waals surface area (Å²) in [5.74, 6) is 0.784. The van der Waals surface area contributed by atoms with Crippen LogP contribution in [0.3, 0.4) is 0 Å². The van der Waals surface area contributed by atoms with Crippen LogP contribution in [-0.4, -0.2) is 45.4 Å². The molecule has 1 amide bonds. The fourth-order valence-electron chi connectivity index (χ4n) is 3.67. The number of rotatable bonds is 8. The lowest BCUT2D eigenvalue weighted by atomic mass is 10.1. The molecule has 8 heteroatoms. The molecule has 0 saturated carbocycles. The van der Waals surface area contributed by atoms with Crippen LogP contribution in [0.4, 0.5) is 5.69 Å². The Balaban J connectivity index is 1.82. The summed E-state index contributed by atoms with van der Waals surface area (Å²) >= 11 is 0. The lowest BCUT2D eigenvalue weighted by Crippen LogP contribution is -2.35. The first-order valence-corrected chi connectivity index (χ1v) is 12.0. The van der Waals surface area contributed by atoms with Gasteiger partial charge in [0.2, 0.25) is 15.9 Å². The van der Waals surface area contributed by atoms with Gasteiger partial charge in [-0.25, -0.2) is 8.42 Å². The molecular weight excluding hydrogens is 416 g/mol. The maximum absolute atomic E-state index is 13.2. The van der Waals surface area contributed by atoms with Crippen molar-refractivity contribution < 1.29 is 22.7 Å². The molecule has 1 N–H and O–H groups in total. The van der Waals surface area contributed by atoms with Crippen LogP contribution in [0.2, 0.25) is 0 Å². The molecule has 1 heterocycles. The maximum atomic E-state index is 13.2. The lowest BCUT2D eigenvalue weighted by Gasteiger charge is -2.27. The van der Waals surface area contributed by atoms with Crippen molar-refractivity contribution in [1.82, 2.24) is 4.31 Å². The van der Waals surface area contributed by atoms with Crippen LogP contribution in [-0.2, 0) is 21.2 Å². The molecule has 2 aromatic carbocycles. The van der Waals surface area contributed by atoms with Gasteiger partial charge in [0.15, 0.2) is 0 Å². The first-order valence-electron chi connectivity index (χ1n) is 10.6. The van der Waals surface area contributed by atoms with Crippen molar-refractivity contribution in [2.75, 3.05) is 32.1 Å². The molecule has 0 atom stereocenters. The van der Waals surface area contributed by atoms with Crippen LogP contribution in [0.5, 0.6) is 11.5 Å². The molecular formula is C23H30N2O5S. The Labute approximate surface area is 184 Å². The standard InChI is InChI=1S/C23H30N2O5S/c1-4-30-20-11-10-19(16-22(20)31(27,28)25-12-6-5-7-13-25)24-23(26)15-18-9-8-17(2)21(14-18)29-3/h8-11,14,16H,4-7,12-13,15H2,1-3H3,(H,24,26). The summed E-state index contributed by atoms with van der Waals surface area (Å²) in [7, 11) is -2.11. The summed E-state index contributed by atoms with van der Waals surface area (Å²) in [5, 5.41) is 2.81. The van der Waals surface area contributed by atoms with E-state index in [1.807, 2.05) is 32.0 Å². The number of methoxy groups -OCH3 is 1. The van der Waals surface area contributed by atoms with E-state index in [1.54, 1.807) is 19.2 Å². The van der Waals surface area contributed by atoms with Crippen molar-refractivity contribution in [2.24, 2.45) is 0 Å². The molecule has 0 radical (unpaired) electrons. The Morgan fingerprint density at radius 2 is 1.81 bits per heavy atom. The molecule has 7 nitrogen and oxygen atoms in total. The number of hydrogen-bond donors (Lipinski definition) is 1. The van der Waals surface area contributed by atoms with Crippen LogP contribution in [0.25, 0.3) is 0 Å². The summed E-state index contributed by atoms with van der Waals surface area (Å²) in [5.41, 5.74) is 2.22. The van der Waals surface area contributed by atoms with E-state index in [0.29, 0.717) is 31.1 Å². The van der Waals surface area contributed by atoms with E-state index in [4.69, 9.17) is 9.47 Å². The summed E-state index contributed by atoms with van der Waals surface area (Å²) < 4.78 is 38.9. The molecule has 0 aliphatic carbocycles. The summed E-state index contributed by atoms with van der Waals surface area (Å²) in [6.07, 6.45) is 2.88. The van der Waals surface area contributed by atoms with Gasteiger partial charge < -0.3 is 14.8 Å². The maximum Gasteiger partial charge on any atom is 0.246 e. The Morgan fingerprint density at radius 3 is 2.48 bits per heavy atom. The van der Waals surface area contributed by atoms with Gasteiger partial charge in [0.1, 0.15) is 16.4 Å². The fourth-order valence-corrected chi connectivity index (χ4v) is 5.35. The summed E-state index contributed by atoms with van der Waals surface area (Å²) in [4.78, 5) is 12.7. The van der Waals surface area contributed by atoms with E-state index in [2.05, 4.69) is 5.32 Å². The minimum atomic E-state index is -3.71. The second kappa shape index (κ2) is 10.2. The number of anilines is 1. The third kappa shape index (κ3) is 5.57. The van der Waals surface area contributed by atoms with Crippen molar-refractivity contribution in [3.63, 3.8) is 0 Å². The highest BCUT2D eigenvalue weighted by atomic mass is 32.2. The molecule has 0 bridgehead atoms. The second-order valence-electron chi connectivity index (χ2n) is 7.59. The largest absolute Gasteiger partial charge is 0.496 e. The average molecular weight is 447 g/mol. The van der Waals surface area contributed by atoms with Crippen molar-refractivity contribution in [2.45, 2.75) is 44.4 Å². The topological polar surface area (TPSA) is 84.9 Å². The van der Waals surface area contributed by atoms with Gasteiger partial charge in [0.25, 0.3) is 0 Å². The minimum Gasteiger partial charge on any atom is -0.496 e. The van der Waals surface area contributed by atoms with Crippen LogP contribution in [0, 0.1) is 6.92 Å². The molecule has 168 valence electrons. The number of nitrogens with one attached hydrogen (secondary N) is 1. The molecule has 1 aliphatic heterocycles. The number of ether oxygens (including phenoxy) is 2. The van der Waals surface area contributed by atoms with Crippen molar-refractivity contribution in [3.8, 4) is 11.5 Å². The van der Waals surface area contributed by atoms with Gasteiger partial charge in [-0.3, -0.25) is 4.79 Å². The summed E-state index contributed by atoms with van der Waals surface area (Å²) in [6.45, 7) is 5.10. The van der Waals surface area contributed by atoms with Gasteiger partial charge in [0.05, 0.1) is 20.1 Å². The molecule has 3 rings (SSSR count). The predicted molar refractivity (Wildman–Crippen MR) is 120 cm³/mol. The zero-order chi connectivity index (χ0) is 22.4. The van der Waals surface area contributed by atoms with E-state index >= 15 is 0 Å². The van der Waals surface area contributed by atoms with E-state index in [9.17, 15) is 13.2 Å². The third-order valence-corrected chi connectivity index (χ3v) is 7.22. The van der Waals surface area contributed by atoms with E-state index in [-0.39, 0.29) is 17.2 Å². The quantitative estimate of drug-likeness (QED) is 0.667. The van der Waals surface area contributed by atoms with E-state index < -0.39 is 10.0 Å². The summed E-state index contributed by atoms with van der Waals surface area (Å²) in [6, 6.07) is 10.4. The zero-order valence-corrected chi connectivity index (χ0v) is 19.1. The van der Waals surface area contributed by atoms with E-state index in [0.717, 1.165) is 36.1 Å². The van der Waals surface area contributed by atoms with Crippen LogP contribution in [0.1, 0.15) is 37.3 Å². The molecule has 0 aromatic heterocycles. The fraction of sp³-hybridized carbons (Fsp3) is 0.435. The van der Waals surface area contributed by atoms with Crippen molar-refractivity contribution in [3.05, 3.63) is 47.5 Å². The number of piperidine rings is 1. The van der Waals surface area contributed by atoms with Gasteiger partial charge in [-0.15, -0.1) is 0 Å². The molecule has 0 spiro atoms. The number of amides is 1. The van der Waals surface area contributed by atoms with Crippen LogP contribution < -0.4 is 14.8 Å². The molecule has 1 fully saturated rings. The molecule has 0 unspecified atom stereocenters. The smallest absolute Gasteiger partial charge is 0.246 e. The highest BCUT2D eigenvalue weighted by Crippen LogP contribution is 2.31. The number of sulfonamides is 1. The molecule has 31 heavy (non-hydrogen) atoms. The molecule has 2 aromatic rings. The molecule has 1 saturated heterocycles. The third-order valence-electron chi connectivity index (χ3n) is 5.30. The number of hydrogen-bond acceptors (Lipinski definition) is 5. The van der Waals surface area contributed by atoms with E-state index in [1.165, 1.54) is 10.4 Å². The normalized spacial score (nSPS) is 14.8. The Morgan fingerprint density at radius 1 is 1.06 bits per heavy atom. The lowest BCUT2D eigenvalue weighted by molar-refractivity contribution is -0.115. The number of aryl methyl sites for hydroxylation is 1. The first kappa shape index (κ1) is 23.1. The highest BCUT2D eigenvalue weighted by molar-refractivity contribution is 7.89. The minimum absolute atomic E-state index is 0.0889. The number of benzene rings is 2. The number of carbonyl (C=O) groups excluding carboxylic acids is 1. The Hall–Kier alpha value is -2.58. The average Bonchev–Trinajstić information content (AvgIpc) is 2.76. The van der Waals surface area contributed by atoms with Gasteiger partial charge in [-0.05, 0) is 62.1 Å². The zero-order valence-electron chi connectivity index (χ0n) is 18.3. The number of carbonyl (C=O) groups is 1. The predicted octanol–water partition coefficient (Wildman–Crippen LogP) is 3.76. The van der Waals surface area contributed by atoms with Crippen LogP contribution in [0.15, 0.2) is 41.3 Å². The van der Waals surface area contributed by atoms with Gasteiger partial charge in [-0.1, -0.05) is 18.6 Å². The van der Waals surface area contributed by atoms with Gasteiger partial charge in [0, 0.05) is 18.8 Å². The second-order valence-corrected chi connectivity index (χ2v) is 9.49. The van der Waals surface area contributed by atoms with Crippen molar-refractivity contribution in [1.29, 1.82) is 0 Å². The SMILES string of the molecule is CCOc1ccc(NC(=O)Cc2ccc(C)c(OC)c2)cc1S(=O)(=O)N1CCCCC1. The molecule has 1 aliphatic rings. The monoisotopic (exact) mass is 446 g/mol. The Kier molecular flexibility index (Phi) is 7.56. The van der Waals surface area contributed by atoms with Crippen LogP contribution >= 0.6 is 0 Å². The highest BCUT2D eigenvalue weighted by Gasteiger charge is 2.29.